The van der Waals surface area contributed by atoms with Crippen LogP contribution < -0.4 is 4.74 Å². The molecule has 4 aromatic rings. The molecule has 180 valence electrons. The smallest absolute Gasteiger partial charge is 0.255 e. The van der Waals surface area contributed by atoms with Gasteiger partial charge in [0.05, 0.1) is 18.4 Å². The van der Waals surface area contributed by atoms with Crippen LogP contribution in [-0.2, 0) is 12.2 Å². The van der Waals surface area contributed by atoms with Gasteiger partial charge >= 0.3 is 0 Å². The minimum absolute atomic E-state index is 0.123. The maximum absolute atomic E-state index is 13.4. The van der Waals surface area contributed by atoms with Crippen LogP contribution in [0.2, 0.25) is 0 Å². The van der Waals surface area contributed by atoms with Crippen LogP contribution in [0.15, 0.2) is 84.0 Å². The van der Waals surface area contributed by atoms with E-state index in [1.807, 2.05) is 70.1 Å². The van der Waals surface area contributed by atoms with Gasteiger partial charge in [0, 0.05) is 55.8 Å². The van der Waals surface area contributed by atoms with Crippen LogP contribution in [-0.4, -0.2) is 64.9 Å². The Labute approximate surface area is 210 Å². The average molecular weight is 487 g/mol. The standard InChI is InChI=1S/C28H30N4O2S/c1-34-24-11-9-22(10-12-24)13-15-30-16-18-31(19-17-30)28(33)25-6-2-3-7-26(25)35-21-23-20-32-14-5-4-8-27(32)29-23/h2-12,14,20H,13,15-19,21H2,1H3. The number of hydrogen-bond donors (Lipinski definition) is 0. The van der Waals surface area contributed by atoms with Crippen LogP contribution in [0.4, 0.5) is 0 Å². The van der Waals surface area contributed by atoms with Gasteiger partial charge < -0.3 is 14.0 Å². The molecule has 0 aliphatic carbocycles. The number of methoxy groups -OCH3 is 1. The summed E-state index contributed by atoms with van der Waals surface area (Å²) in [6.45, 7) is 4.32. The molecule has 2 aromatic heterocycles. The van der Waals surface area contributed by atoms with Gasteiger partial charge in [0.15, 0.2) is 0 Å². The summed E-state index contributed by atoms with van der Waals surface area (Å²) in [7, 11) is 1.69. The van der Waals surface area contributed by atoms with Gasteiger partial charge in [-0.15, -0.1) is 11.8 Å². The summed E-state index contributed by atoms with van der Waals surface area (Å²) in [6.07, 6.45) is 5.06. The predicted molar refractivity (Wildman–Crippen MR) is 140 cm³/mol. The lowest BCUT2D eigenvalue weighted by atomic mass is 10.1. The topological polar surface area (TPSA) is 50.1 Å². The van der Waals surface area contributed by atoms with E-state index in [4.69, 9.17) is 4.74 Å². The molecule has 6 nitrogen and oxygen atoms in total. The van der Waals surface area contributed by atoms with E-state index >= 15 is 0 Å². The molecule has 0 spiro atoms. The summed E-state index contributed by atoms with van der Waals surface area (Å²) in [5.41, 5.74) is 4.04. The van der Waals surface area contributed by atoms with E-state index in [0.29, 0.717) is 0 Å². The maximum Gasteiger partial charge on any atom is 0.255 e. The van der Waals surface area contributed by atoms with Gasteiger partial charge in [0.25, 0.3) is 5.91 Å². The van der Waals surface area contributed by atoms with Crippen LogP contribution in [0.3, 0.4) is 0 Å². The monoisotopic (exact) mass is 486 g/mol. The fourth-order valence-corrected chi connectivity index (χ4v) is 5.33. The molecule has 0 saturated carbocycles. The minimum atomic E-state index is 0.123. The number of pyridine rings is 1. The largest absolute Gasteiger partial charge is 0.497 e. The molecule has 0 radical (unpaired) electrons. The van der Waals surface area contributed by atoms with Crippen LogP contribution in [0, 0.1) is 0 Å². The Morgan fingerprint density at radius 2 is 1.74 bits per heavy atom. The number of nitrogens with zero attached hydrogens (tertiary/aromatic N) is 4. The first kappa shape index (κ1) is 23.5. The molecule has 7 heteroatoms. The molecule has 3 heterocycles. The van der Waals surface area contributed by atoms with Crippen molar-refractivity contribution < 1.29 is 9.53 Å². The zero-order chi connectivity index (χ0) is 24.0. The molecule has 2 aromatic carbocycles. The van der Waals surface area contributed by atoms with Crippen molar-refractivity contribution in [2.45, 2.75) is 17.1 Å². The minimum Gasteiger partial charge on any atom is -0.497 e. The number of fused-ring (bicyclic) bond motifs is 1. The van der Waals surface area contributed by atoms with Crippen molar-refractivity contribution in [1.29, 1.82) is 0 Å². The number of thioether (sulfide) groups is 1. The van der Waals surface area contributed by atoms with E-state index < -0.39 is 0 Å². The Hall–Kier alpha value is -3.29. The lowest BCUT2D eigenvalue weighted by Gasteiger charge is -2.35. The number of carbonyl (C=O) groups excluding carboxylic acids is 1. The predicted octanol–water partition coefficient (Wildman–Crippen LogP) is 4.64. The summed E-state index contributed by atoms with van der Waals surface area (Å²) in [6, 6.07) is 22.2. The number of aromatic nitrogens is 2. The van der Waals surface area contributed by atoms with E-state index in [1.165, 1.54) is 5.56 Å². The van der Waals surface area contributed by atoms with Gasteiger partial charge in [0.2, 0.25) is 0 Å². The first-order valence-corrected chi connectivity index (χ1v) is 13.0. The highest BCUT2D eigenvalue weighted by molar-refractivity contribution is 7.98. The molecule has 5 rings (SSSR count). The first-order chi connectivity index (χ1) is 17.2. The fraction of sp³-hybridized carbons (Fsp3) is 0.286. The second kappa shape index (κ2) is 11.0. The van der Waals surface area contributed by atoms with Gasteiger partial charge in [0.1, 0.15) is 11.4 Å². The third-order valence-electron chi connectivity index (χ3n) is 6.44. The molecule has 0 bridgehead atoms. The summed E-state index contributed by atoms with van der Waals surface area (Å²) >= 11 is 1.67. The summed E-state index contributed by atoms with van der Waals surface area (Å²) < 4.78 is 7.27. The van der Waals surface area contributed by atoms with E-state index in [0.717, 1.165) is 72.4 Å². The SMILES string of the molecule is COc1ccc(CCN2CCN(C(=O)c3ccccc3SCc3cn4ccccc4n3)CC2)cc1. The average Bonchev–Trinajstić information content (AvgIpc) is 3.34. The van der Waals surface area contributed by atoms with Gasteiger partial charge in [-0.3, -0.25) is 9.69 Å². The zero-order valence-electron chi connectivity index (χ0n) is 20.0. The highest BCUT2D eigenvalue weighted by atomic mass is 32.2. The summed E-state index contributed by atoms with van der Waals surface area (Å²) in [5.74, 6) is 1.74. The number of piperazine rings is 1. The third kappa shape index (κ3) is 5.69. The maximum atomic E-state index is 13.4. The van der Waals surface area contributed by atoms with E-state index in [2.05, 4.69) is 28.2 Å². The number of benzene rings is 2. The van der Waals surface area contributed by atoms with Crippen LogP contribution >= 0.6 is 11.8 Å². The Morgan fingerprint density at radius 3 is 2.51 bits per heavy atom. The summed E-state index contributed by atoms with van der Waals surface area (Å²) in [4.78, 5) is 23.5. The second-order valence-electron chi connectivity index (χ2n) is 8.72. The van der Waals surface area contributed by atoms with Crippen LogP contribution in [0.5, 0.6) is 5.75 Å². The quantitative estimate of drug-likeness (QED) is 0.340. The van der Waals surface area contributed by atoms with E-state index in [-0.39, 0.29) is 5.91 Å². The molecule has 1 fully saturated rings. The highest BCUT2D eigenvalue weighted by Crippen LogP contribution is 2.27. The Bertz CT molecular complexity index is 1250. The third-order valence-corrected chi connectivity index (χ3v) is 7.55. The zero-order valence-corrected chi connectivity index (χ0v) is 20.8. The summed E-state index contributed by atoms with van der Waals surface area (Å²) in [5, 5.41) is 0. The van der Waals surface area contributed by atoms with Crippen molar-refractivity contribution in [2.75, 3.05) is 39.8 Å². The molecule has 1 aliphatic heterocycles. The van der Waals surface area contributed by atoms with Crippen molar-refractivity contribution >= 4 is 23.3 Å². The molecule has 0 N–H and O–H groups in total. The molecule has 1 amide bonds. The van der Waals surface area contributed by atoms with Crippen molar-refractivity contribution in [3.63, 3.8) is 0 Å². The lowest BCUT2D eigenvalue weighted by molar-refractivity contribution is 0.0635. The normalized spacial score (nSPS) is 14.4. The van der Waals surface area contributed by atoms with Gasteiger partial charge in [-0.2, -0.15) is 0 Å². The van der Waals surface area contributed by atoms with Gasteiger partial charge in [-0.1, -0.05) is 30.3 Å². The van der Waals surface area contributed by atoms with E-state index in [9.17, 15) is 4.79 Å². The number of ether oxygens (including phenoxy) is 1. The molecular formula is C28H30N4O2S. The second-order valence-corrected chi connectivity index (χ2v) is 9.73. The highest BCUT2D eigenvalue weighted by Gasteiger charge is 2.23. The first-order valence-electron chi connectivity index (χ1n) is 12.0. The van der Waals surface area contributed by atoms with Crippen LogP contribution in [0.1, 0.15) is 21.6 Å². The Kier molecular flexibility index (Phi) is 7.35. The molecule has 0 unspecified atom stereocenters. The fourth-order valence-electron chi connectivity index (χ4n) is 4.40. The molecule has 0 atom stereocenters. The number of amides is 1. The van der Waals surface area contributed by atoms with E-state index in [1.54, 1.807) is 18.9 Å². The van der Waals surface area contributed by atoms with Crippen LogP contribution in [0.25, 0.3) is 5.65 Å². The number of rotatable bonds is 8. The molecule has 1 aliphatic rings. The molecular weight excluding hydrogens is 456 g/mol. The molecule has 1 saturated heterocycles. The van der Waals surface area contributed by atoms with Crippen molar-refractivity contribution in [3.8, 4) is 5.75 Å². The number of imidazole rings is 1. The molecule has 35 heavy (non-hydrogen) atoms. The van der Waals surface area contributed by atoms with Gasteiger partial charge in [-0.25, -0.2) is 4.98 Å². The Morgan fingerprint density at radius 1 is 0.971 bits per heavy atom. The number of hydrogen-bond acceptors (Lipinski definition) is 5. The van der Waals surface area contributed by atoms with Gasteiger partial charge in [-0.05, 0) is 48.4 Å². The van der Waals surface area contributed by atoms with Crippen molar-refractivity contribution in [1.82, 2.24) is 19.2 Å². The Balaban J connectivity index is 1.15. The number of carbonyl (C=O) groups is 1. The van der Waals surface area contributed by atoms with Crippen molar-refractivity contribution in [2.24, 2.45) is 0 Å². The van der Waals surface area contributed by atoms with Crippen molar-refractivity contribution in [3.05, 3.63) is 95.9 Å². The lowest BCUT2D eigenvalue weighted by Crippen LogP contribution is -2.49.